The molecule has 0 radical (unpaired) electrons. The molecule has 0 fully saturated rings. The second-order valence-electron chi connectivity index (χ2n) is 9.53. The Hall–Kier alpha value is -2.96. The highest BCUT2D eigenvalue weighted by Crippen LogP contribution is 2.54. The Balaban J connectivity index is 2.02. The zero-order chi connectivity index (χ0) is 27.1. The van der Waals surface area contributed by atoms with E-state index in [9.17, 15) is 14.5 Å². The van der Waals surface area contributed by atoms with E-state index in [0.29, 0.717) is 34.6 Å². The van der Waals surface area contributed by atoms with Crippen LogP contribution in [0.1, 0.15) is 55.0 Å². The SMILES string of the molecule is CC(=O)Oc1cc(C)c(OP(=O)(OCc2ccccc2)OCc2ccccc2)c(C)c1C(C)(C)CCO. The van der Waals surface area contributed by atoms with Crippen LogP contribution in [0.15, 0.2) is 66.7 Å². The summed E-state index contributed by atoms with van der Waals surface area (Å²) in [6.45, 7) is 8.79. The van der Waals surface area contributed by atoms with Gasteiger partial charge in [0.15, 0.2) is 0 Å². The van der Waals surface area contributed by atoms with Crippen LogP contribution in [-0.2, 0) is 37.0 Å². The number of phosphoric ester groups is 1. The maximum atomic E-state index is 14.0. The van der Waals surface area contributed by atoms with Crippen LogP contribution >= 0.6 is 7.82 Å². The van der Waals surface area contributed by atoms with E-state index in [0.717, 1.165) is 11.1 Å². The van der Waals surface area contributed by atoms with Crippen molar-refractivity contribution in [2.45, 2.75) is 59.7 Å². The quantitative estimate of drug-likeness (QED) is 0.157. The van der Waals surface area contributed by atoms with Gasteiger partial charge in [-0.1, -0.05) is 74.5 Å². The van der Waals surface area contributed by atoms with Gasteiger partial charge in [0, 0.05) is 19.1 Å². The third kappa shape index (κ3) is 7.76. The van der Waals surface area contributed by atoms with Gasteiger partial charge < -0.3 is 14.4 Å². The Labute approximate surface area is 219 Å². The maximum absolute atomic E-state index is 14.0. The van der Waals surface area contributed by atoms with Gasteiger partial charge in [-0.25, -0.2) is 4.57 Å². The number of phosphoric acid groups is 1. The zero-order valence-corrected chi connectivity index (χ0v) is 22.9. The minimum Gasteiger partial charge on any atom is -0.426 e. The van der Waals surface area contributed by atoms with Crippen LogP contribution in [0.5, 0.6) is 11.5 Å². The van der Waals surface area contributed by atoms with Gasteiger partial charge in [-0.3, -0.25) is 13.8 Å². The smallest absolute Gasteiger partial charge is 0.426 e. The van der Waals surface area contributed by atoms with Crippen LogP contribution in [0.4, 0.5) is 0 Å². The second-order valence-corrected chi connectivity index (χ2v) is 11.1. The molecule has 37 heavy (non-hydrogen) atoms. The molecule has 0 heterocycles. The van der Waals surface area contributed by atoms with E-state index in [1.165, 1.54) is 6.92 Å². The summed E-state index contributed by atoms with van der Waals surface area (Å²) in [4.78, 5) is 11.8. The van der Waals surface area contributed by atoms with Crippen LogP contribution in [-0.4, -0.2) is 17.7 Å². The summed E-state index contributed by atoms with van der Waals surface area (Å²) in [6, 6.07) is 20.4. The number of carbonyl (C=O) groups excluding carboxylic acids is 1. The second kappa shape index (κ2) is 12.5. The van der Waals surface area contributed by atoms with Gasteiger partial charge in [0.1, 0.15) is 11.5 Å². The van der Waals surface area contributed by atoms with Crippen molar-refractivity contribution in [2.24, 2.45) is 0 Å². The molecule has 0 aliphatic carbocycles. The summed E-state index contributed by atoms with van der Waals surface area (Å²) < 4.78 is 37.2. The first-order valence-corrected chi connectivity index (χ1v) is 13.6. The standard InChI is InChI=1S/C29H35O7P/c1-21-18-26(35-23(3)31)27(29(4,5)16-17-30)22(2)28(21)36-37(32,33-19-24-12-8-6-9-13-24)34-20-25-14-10-7-11-15-25/h6-15,18,30H,16-17,19-20H2,1-5H3. The summed E-state index contributed by atoms with van der Waals surface area (Å²) in [6.07, 6.45) is 0.414. The van der Waals surface area contributed by atoms with Crippen LogP contribution in [0.3, 0.4) is 0 Å². The molecule has 7 nitrogen and oxygen atoms in total. The Morgan fingerprint density at radius 1 is 0.919 bits per heavy atom. The van der Waals surface area contributed by atoms with Crippen LogP contribution in [0, 0.1) is 13.8 Å². The molecule has 0 aromatic heterocycles. The van der Waals surface area contributed by atoms with Crippen molar-refractivity contribution >= 4 is 13.8 Å². The Morgan fingerprint density at radius 3 is 1.89 bits per heavy atom. The molecule has 0 aliphatic heterocycles. The third-order valence-electron chi connectivity index (χ3n) is 6.00. The molecule has 1 N–H and O–H groups in total. The average Bonchev–Trinajstić information content (AvgIpc) is 2.85. The summed E-state index contributed by atoms with van der Waals surface area (Å²) in [5.41, 5.74) is 2.96. The monoisotopic (exact) mass is 526 g/mol. The number of aliphatic hydroxyl groups excluding tert-OH is 1. The topological polar surface area (TPSA) is 91.3 Å². The van der Waals surface area contributed by atoms with Crippen molar-refractivity contribution < 1.29 is 32.8 Å². The molecule has 0 aliphatic rings. The van der Waals surface area contributed by atoms with Crippen molar-refractivity contribution in [2.75, 3.05) is 6.61 Å². The summed E-state index contributed by atoms with van der Waals surface area (Å²) in [5.74, 6) is 0.233. The molecule has 0 amide bonds. The molecule has 3 rings (SSSR count). The van der Waals surface area contributed by atoms with Gasteiger partial charge in [0.05, 0.1) is 13.2 Å². The van der Waals surface area contributed by atoms with E-state index in [-0.39, 0.29) is 19.8 Å². The van der Waals surface area contributed by atoms with Gasteiger partial charge in [-0.2, -0.15) is 0 Å². The highest BCUT2D eigenvalue weighted by molar-refractivity contribution is 7.48. The first-order chi connectivity index (χ1) is 17.5. The molecule has 0 spiro atoms. The molecule has 0 unspecified atom stereocenters. The number of benzene rings is 3. The molecule has 0 atom stereocenters. The summed E-state index contributed by atoms with van der Waals surface area (Å²) in [5, 5.41) is 9.67. The van der Waals surface area contributed by atoms with Crippen molar-refractivity contribution in [3.63, 3.8) is 0 Å². The van der Waals surface area contributed by atoms with Crippen molar-refractivity contribution in [3.05, 3.63) is 94.5 Å². The number of aryl methyl sites for hydroxylation is 1. The Bertz CT molecular complexity index is 1190. The molecule has 8 heteroatoms. The number of esters is 1. The highest BCUT2D eigenvalue weighted by atomic mass is 31.2. The number of hydrogen-bond acceptors (Lipinski definition) is 7. The number of rotatable bonds is 12. The summed E-state index contributed by atoms with van der Waals surface area (Å²) in [7, 11) is -4.11. The lowest BCUT2D eigenvalue weighted by Crippen LogP contribution is -2.23. The molecule has 3 aromatic rings. The Kier molecular flexibility index (Phi) is 9.68. The van der Waals surface area contributed by atoms with Crippen LogP contribution in [0.25, 0.3) is 0 Å². The zero-order valence-electron chi connectivity index (χ0n) is 22.0. The number of aliphatic hydroxyl groups is 1. The predicted molar refractivity (Wildman–Crippen MR) is 143 cm³/mol. The fraction of sp³-hybridized carbons (Fsp3) is 0.345. The van der Waals surface area contributed by atoms with E-state index in [4.69, 9.17) is 18.3 Å². The number of carbonyl (C=O) groups is 1. The van der Waals surface area contributed by atoms with E-state index >= 15 is 0 Å². The molecule has 3 aromatic carbocycles. The lowest BCUT2D eigenvalue weighted by molar-refractivity contribution is -0.131. The minimum atomic E-state index is -4.11. The van der Waals surface area contributed by atoms with Gasteiger partial charge in [0.25, 0.3) is 0 Å². The first-order valence-electron chi connectivity index (χ1n) is 12.1. The Morgan fingerprint density at radius 2 is 1.43 bits per heavy atom. The minimum absolute atomic E-state index is 0.0272. The fourth-order valence-corrected chi connectivity index (χ4v) is 5.51. The van der Waals surface area contributed by atoms with E-state index in [1.54, 1.807) is 13.0 Å². The molecule has 0 saturated carbocycles. The van der Waals surface area contributed by atoms with Crippen LogP contribution < -0.4 is 9.26 Å². The normalized spacial score (nSPS) is 11.8. The first kappa shape index (κ1) is 28.6. The van der Waals surface area contributed by atoms with Gasteiger partial charge in [-0.05, 0) is 54.0 Å². The molecular weight excluding hydrogens is 491 g/mol. The molecule has 198 valence electrons. The number of hydrogen-bond donors (Lipinski definition) is 1. The van der Waals surface area contributed by atoms with Crippen molar-refractivity contribution in [3.8, 4) is 11.5 Å². The third-order valence-corrected chi connectivity index (χ3v) is 7.30. The van der Waals surface area contributed by atoms with E-state index in [2.05, 4.69) is 0 Å². The van der Waals surface area contributed by atoms with E-state index in [1.807, 2.05) is 81.4 Å². The lowest BCUT2D eigenvalue weighted by atomic mass is 9.78. The molecule has 0 saturated heterocycles. The van der Waals surface area contributed by atoms with Crippen LogP contribution in [0.2, 0.25) is 0 Å². The fourth-order valence-electron chi connectivity index (χ4n) is 4.21. The van der Waals surface area contributed by atoms with Gasteiger partial charge >= 0.3 is 13.8 Å². The maximum Gasteiger partial charge on any atom is 0.530 e. The van der Waals surface area contributed by atoms with Crippen molar-refractivity contribution in [1.82, 2.24) is 0 Å². The van der Waals surface area contributed by atoms with E-state index < -0.39 is 19.2 Å². The van der Waals surface area contributed by atoms with Gasteiger partial charge in [-0.15, -0.1) is 0 Å². The molecule has 0 bridgehead atoms. The predicted octanol–water partition coefficient (Wildman–Crippen LogP) is 6.81. The van der Waals surface area contributed by atoms with Gasteiger partial charge in [0.2, 0.25) is 0 Å². The summed E-state index contributed by atoms with van der Waals surface area (Å²) >= 11 is 0. The molecular formula is C29H35O7P. The average molecular weight is 527 g/mol. The lowest BCUT2D eigenvalue weighted by Gasteiger charge is -2.30. The largest absolute Gasteiger partial charge is 0.530 e. The van der Waals surface area contributed by atoms with Crippen molar-refractivity contribution in [1.29, 1.82) is 0 Å². The number of ether oxygens (including phenoxy) is 1. The highest BCUT2D eigenvalue weighted by Gasteiger charge is 2.34.